The molecular formula is C19H15ClF3N3O. The third-order valence-electron chi connectivity index (χ3n) is 4.59. The molecule has 8 heteroatoms. The van der Waals surface area contributed by atoms with Gasteiger partial charge >= 0.3 is 0 Å². The van der Waals surface area contributed by atoms with Gasteiger partial charge in [-0.1, -0.05) is 11.6 Å². The van der Waals surface area contributed by atoms with Crippen molar-refractivity contribution in [3.8, 4) is 6.07 Å². The summed E-state index contributed by atoms with van der Waals surface area (Å²) < 4.78 is 41.9. The molecule has 1 saturated heterocycles. The fourth-order valence-corrected chi connectivity index (χ4v) is 3.19. The number of hydrogen-bond donors (Lipinski definition) is 0. The van der Waals surface area contributed by atoms with Gasteiger partial charge in [-0.05, 0) is 36.8 Å². The number of aryl methyl sites for hydroxylation is 1. The molecular weight excluding hydrogens is 379 g/mol. The number of rotatable bonds is 2. The van der Waals surface area contributed by atoms with Gasteiger partial charge < -0.3 is 9.80 Å². The summed E-state index contributed by atoms with van der Waals surface area (Å²) in [7, 11) is 0. The Morgan fingerprint density at radius 1 is 1.11 bits per heavy atom. The number of hydrogen-bond acceptors (Lipinski definition) is 3. The summed E-state index contributed by atoms with van der Waals surface area (Å²) in [5, 5.41) is 8.58. The van der Waals surface area contributed by atoms with E-state index in [1.807, 2.05) is 6.07 Å². The molecule has 140 valence electrons. The van der Waals surface area contributed by atoms with Gasteiger partial charge in [0, 0.05) is 26.2 Å². The van der Waals surface area contributed by atoms with Crippen LogP contribution >= 0.6 is 11.6 Å². The predicted molar refractivity (Wildman–Crippen MR) is 95.3 cm³/mol. The van der Waals surface area contributed by atoms with E-state index in [1.54, 1.807) is 17.9 Å². The SMILES string of the molecule is Cc1cc(N2CCN(C(=O)c3ccc(Cl)c(F)c3F)CC2)c(F)cc1C#N. The first-order valence-electron chi connectivity index (χ1n) is 8.21. The van der Waals surface area contributed by atoms with Gasteiger partial charge in [0.1, 0.15) is 5.82 Å². The molecule has 0 radical (unpaired) electrons. The zero-order chi connectivity index (χ0) is 19.7. The maximum Gasteiger partial charge on any atom is 0.257 e. The van der Waals surface area contributed by atoms with Crippen LogP contribution in [0, 0.1) is 35.7 Å². The van der Waals surface area contributed by atoms with Crippen LogP contribution in [0.1, 0.15) is 21.5 Å². The summed E-state index contributed by atoms with van der Waals surface area (Å²) in [4.78, 5) is 15.6. The summed E-state index contributed by atoms with van der Waals surface area (Å²) in [6.07, 6.45) is 0. The minimum absolute atomic E-state index is 0.223. The Labute approximate surface area is 159 Å². The van der Waals surface area contributed by atoms with Gasteiger partial charge in [-0.15, -0.1) is 0 Å². The van der Waals surface area contributed by atoms with Crippen molar-refractivity contribution in [1.29, 1.82) is 5.26 Å². The van der Waals surface area contributed by atoms with E-state index in [0.29, 0.717) is 24.3 Å². The zero-order valence-electron chi connectivity index (χ0n) is 14.4. The fourth-order valence-electron chi connectivity index (χ4n) is 3.04. The summed E-state index contributed by atoms with van der Waals surface area (Å²) in [6, 6.07) is 7.01. The van der Waals surface area contributed by atoms with E-state index >= 15 is 0 Å². The Bertz CT molecular complexity index is 950. The van der Waals surface area contributed by atoms with Gasteiger partial charge in [-0.3, -0.25) is 4.79 Å². The van der Waals surface area contributed by atoms with Crippen LogP contribution in [0.4, 0.5) is 18.9 Å². The average molecular weight is 394 g/mol. The quantitative estimate of drug-likeness (QED) is 0.727. The van der Waals surface area contributed by atoms with Crippen LogP contribution in [0.5, 0.6) is 0 Å². The third kappa shape index (κ3) is 3.58. The molecule has 0 bridgehead atoms. The molecule has 4 nitrogen and oxygen atoms in total. The first-order valence-corrected chi connectivity index (χ1v) is 8.59. The van der Waals surface area contributed by atoms with Gasteiger partial charge in [-0.25, -0.2) is 13.2 Å². The van der Waals surface area contributed by atoms with Gasteiger partial charge in [0.2, 0.25) is 0 Å². The number of nitrogens with zero attached hydrogens (tertiary/aromatic N) is 3. The monoisotopic (exact) mass is 393 g/mol. The highest BCUT2D eigenvalue weighted by Gasteiger charge is 2.27. The van der Waals surface area contributed by atoms with Crippen molar-refractivity contribution >= 4 is 23.2 Å². The number of carbonyl (C=O) groups is 1. The maximum atomic E-state index is 14.3. The Morgan fingerprint density at radius 3 is 2.41 bits per heavy atom. The molecule has 0 N–H and O–H groups in total. The van der Waals surface area contributed by atoms with Crippen LogP contribution in [-0.4, -0.2) is 37.0 Å². The zero-order valence-corrected chi connectivity index (χ0v) is 15.2. The van der Waals surface area contributed by atoms with Crippen molar-refractivity contribution in [2.45, 2.75) is 6.92 Å². The standard InChI is InChI=1S/C19H15ClF3N3O/c1-11-8-16(15(21)9-12(11)10-24)25-4-6-26(7-5-25)19(27)13-2-3-14(20)18(23)17(13)22/h2-3,8-9H,4-7H2,1H3. The highest BCUT2D eigenvalue weighted by Crippen LogP contribution is 2.26. The van der Waals surface area contributed by atoms with E-state index in [0.717, 1.165) is 12.1 Å². The van der Waals surface area contributed by atoms with Gasteiger partial charge in [0.05, 0.1) is 27.9 Å². The molecule has 2 aromatic rings. The Morgan fingerprint density at radius 2 is 1.78 bits per heavy atom. The molecule has 0 spiro atoms. The largest absolute Gasteiger partial charge is 0.366 e. The first-order chi connectivity index (χ1) is 12.8. The fraction of sp³-hybridized carbons (Fsp3) is 0.263. The lowest BCUT2D eigenvalue weighted by molar-refractivity contribution is 0.0741. The number of carbonyl (C=O) groups excluding carboxylic acids is 1. The molecule has 2 aromatic carbocycles. The molecule has 27 heavy (non-hydrogen) atoms. The van der Waals surface area contributed by atoms with Crippen LogP contribution in [0.2, 0.25) is 5.02 Å². The van der Waals surface area contributed by atoms with Crippen LogP contribution in [0.25, 0.3) is 0 Å². The molecule has 1 aliphatic heterocycles. The van der Waals surface area contributed by atoms with E-state index in [-0.39, 0.29) is 29.2 Å². The van der Waals surface area contributed by atoms with Crippen molar-refractivity contribution in [2.75, 3.05) is 31.1 Å². The number of piperazine rings is 1. The number of amides is 1. The van der Waals surface area contributed by atoms with Crippen molar-refractivity contribution in [1.82, 2.24) is 4.90 Å². The van der Waals surface area contributed by atoms with E-state index in [1.165, 1.54) is 11.0 Å². The lowest BCUT2D eigenvalue weighted by Gasteiger charge is -2.36. The molecule has 0 aromatic heterocycles. The van der Waals surface area contributed by atoms with Crippen molar-refractivity contribution in [3.63, 3.8) is 0 Å². The molecule has 0 saturated carbocycles. The van der Waals surface area contributed by atoms with Crippen molar-refractivity contribution < 1.29 is 18.0 Å². The van der Waals surface area contributed by atoms with Crippen LogP contribution in [0.3, 0.4) is 0 Å². The second kappa shape index (κ2) is 7.49. The molecule has 1 heterocycles. The van der Waals surface area contributed by atoms with Crippen LogP contribution < -0.4 is 4.90 Å². The first kappa shape index (κ1) is 19.1. The highest BCUT2D eigenvalue weighted by molar-refractivity contribution is 6.30. The molecule has 1 amide bonds. The third-order valence-corrected chi connectivity index (χ3v) is 4.88. The maximum absolute atomic E-state index is 14.3. The molecule has 0 aliphatic carbocycles. The summed E-state index contributed by atoms with van der Waals surface area (Å²) >= 11 is 5.51. The Kier molecular flexibility index (Phi) is 5.29. The number of halogens is 4. The summed E-state index contributed by atoms with van der Waals surface area (Å²) in [5.74, 6) is -3.68. The Hall–Kier alpha value is -2.72. The second-order valence-electron chi connectivity index (χ2n) is 6.23. The minimum Gasteiger partial charge on any atom is -0.366 e. The lowest BCUT2D eigenvalue weighted by atomic mass is 10.1. The predicted octanol–water partition coefficient (Wildman–Crippen LogP) is 3.90. The summed E-state index contributed by atoms with van der Waals surface area (Å²) in [5.41, 5.74) is 0.893. The molecule has 1 aliphatic rings. The molecule has 3 rings (SSSR count). The van der Waals surface area contributed by atoms with E-state index in [2.05, 4.69) is 0 Å². The Balaban J connectivity index is 1.75. The topological polar surface area (TPSA) is 47.3 Å². The van der Waals surface area contributed by atoms with Crippen LogP contribution in [0.15, 0.2) is 24.3 Å². The molecule has 0 unspecified atom stereocenters. The normalized spacial score (nSPS) is 14.2. The number of anilines is 1. The molecule has 0 atom stereocenters. The lowest BCUT2D eigenvalue weighted by Crippen LogP contribution is -2.49. The van der Waals surface area contributed by atoms with Gasteiger partial charge in [0.25, 0.3) is 5.91 Å². The van der Waals surface area contributed by atoms with Crippen molar-refractivity contribution in [3.05, 3.63) is 63.4 Å². The van der Waals surface area contributed by atoms with Gasteiger partial charge in [-0.2, -0.15) is 5.26 Å². The van der Waals surface area contributed by atoms with E-state index in [4.69, 9.17) is 16.9 Å². The number of benzene rings is 2. The van der Waals surface area contributed by atoms with Gasteiger partial charge in [0.15, 0.2) is 11.6 Å². The summed E-state index contributed by atoms with van der Waals surface area (Å²) in [6.45, 7) is 2.82. The smallest absolute Gasteiger partial charge is 0.257 e. The van der Waals surface area contributed by atoms with E-state index in [9.17, 15) is 18.0 Å². The number of nitriles is 1. The molecule has 1 fully saturated rings. The van der Waals surface area contributed by atoms with Crippen LogP contribution in [-0.2, 0) is 0 Å². The van der Waals surface area contributed by atoms with E-state index < -0.39 is 23.4 Å². The second-order valence-corrected chi connectivity index (χ2v) is 6.64. The average Bonchev–Trinajstić information content (AvgIpc) is 2.67. The minimum atomic E-state index is -1.27. The highest BCUT2D eigenvalue weighted by atomic mass is 35.5. The van der Waals surface area contributed by atoms with Crippen molar-refractivity contribution in [2.24, 2.45) is 0 Å².